The molecule has 0 radical (unpaired) electrons. The van der Waals surface area contributed by atoms with Crippen LogP contribution in [0.2, 0.25) is 5.02 Å². The normalized spacial score (nSPS) is 10.6. The molecule has 3 N–H and O–H groups in total. The lowest BCUT2D eigenvalue weighted by molar-refractivity contribution is 0.0957. The Morgan fingerprint density at radius 2 is 1.81 bits per heavy atom. The number of hydrogen-bond donors (Lipinski definition) is 3. The van der Waals surface area contributed by atoms with Crippen LogP contribution in [0.1, 0.15) is 28.0 Å². The lowest BCUT2D eigenvalue weighted by Gasteiger charge is -2.16. The van der Waals surface area contributed by atoms with Crippen molar-refractivity contribution in [3.63, 3.8) is 0 Å². The first-order chi connectivity index (χ1) is 17.7. The maximum Gasteiger partial charge on any atom is 0.319 e. The van der Waals surface area contributed by atoms with Crippen LogP contribution in [0.5, 0.6) is 17.2 Å². The Morgan fingerprint density at radius 3 is 2.51 bits per heavy atom. The molecule has 0 spiro atoms. The molecule has 0 bridgehead atoms. The van der Waals surface area contributed by atoms with Crippen molar-refractivity contribution >= 4 is 29.2 Å². The van der Waals surface area contributed by atoms with Crippen molar-refractivity contribution in [2.45, 2.75) is 19.9 Å². The molecule has 10 heteroatoms. The molecule has 37 heavy (non-hydrogen) atoms. The molecule has 3 aromatic rings. The van der Waals surface area contributed by atoms with Gasteiger partial charge in [0.1, 0.15) is 22.9 Å². The molecule has 0 unspecified atom stereocenters. The van der Waals surface area contributed by atoms with E-state index in [1.54, 1.807) is 43.4 Å². The predicted molar refractivity (Wildman–Crippen MR) is 145 cm³/mol. The van der Waals surface area contributed by atoms with Gasteiger partial charge in [-0.05, 0) is 62.8 Å². The van der Waals surface area contributed by atoms with Gasteiger partial charge in [-0.2, -0.15) is 0 Å². The average Bonchev–Trinajstić information content (AvgIpc) is 2.88. The zero-order valence-corrected chi connectivity index (χ0v) is 22.2. The third-order valence-electron chi connectivity index (χ3n) is 5.32. The third-order valence-corrected chi connectivity index (χ3v) is 5.73. The molecule has 3 rings (SSSR count). The molecule has 0 saturated heterocycles. The first-order valence-corrected chi connectivity index (χ1v) is 12.2. The fourth-order valence-corrected chi connectivity index (χ4v) is 3.48. The monoisotopic (exact) mass is 525 g/mol. The third kappa shape index (κ3) is 8.66. The van der Waals surface area contributed by atoms with Gasteiger partial charge in [0.15, 0.2) is 0 Å². The van der Waals surface area contributed by atoms with E-state index in [4.69, 9.17) is 21.1 Å². The molecule has 0 fully saturated rings. The molecular formula is C27H32ClN5O4. The fraction of sp³-hybridized carbons (Fsp3) is 0.296. The first-order valence-electron chi connectivity index (χ1n) is 11.8. The highest BCUT2D eigenvalue weighted by Gasteiger charge is 2.12. The highest BCUT2D eigenvalue weighted by atomic mass is 35.5. The molecule has 0 aliphatic carbocycles. The number of ether oxygens (including phenoxy) is 2. The molecule has 9 nitrogen and oxygen atoms in total. The number of rotatable bonds is 11. The average molecular weight is 526 g/mol. The SMILES string of the molecule is CNC(=O)c1cc(Oc2ccc(CNC(=O)Nc3cc(C)c(Cl)cc3OCCCN(C)C)cc2)ccn1. The number of aromatic nitrogens is 1. The number of amides is 3. The summed E-state index contributed by atoms with van der Waals surface area (Å²) < 4.78 is 11.7. The van der Waals surface area contributed by atoms with E-state index < -0.39 is 0 Å². The highest BCUT2D eigenvalue weighted by molar-refractivity contribution is 6.31. The number of urea groups is 1. The van der Waals surface area contributed by atoms with Crippen molar-refractivity contribution in [1.82, 2.24) is 20.5 Å². The topological polar surface area (TPSA) is 105 Å². The number of pyridine rings is 1. The summed E-state index contributed by atoms with van der Waals surface area (Å²) in [4.78, 5) is 30.4. The molecule has 0 atom stereocenters. The Kier molecular flexibility index (Phi) is 10.1. The smallest absolute Gasteiger partial charge is 0.319 e. The van der Waals surface area contributed by atoms with Crippen molar-refractivity contribution < 1.29 is 19.1 Å². The lowest BCUT2D eigenvalue weighted by Crippen LogP contribution is -2.28. The minimum Gasteiger partial charge on any atom is -0.491 e. The lowest BCUT2D eigenvalue weighted by atomic mass is 10.2. The fourth-order valence-electron chi connectivity index (χ4n) is 3.33. The number of aryl methyl sites for hydroxylation is 1. The van der Waals surface area contributed by atoms with E-state index in [1.807, 2.05) is 33.2 Å². The number of nitrogens with one attached hydrogen (secondary N) is 3. The van der Waals surface area contributed by atoms with Crippen LogP contribution < -0.4 is 25.4 Å². The Bertz CT molecular complexity index is 1220. The van der Waals surface area contributed by atoms with Crippen molar-refractivity contribution in [3.05, 3.63) is 76.6 Å². The zero-order chi connectivity index (χ0) is 26.8. The van der Waals surface area contributed by atoms with Gasteiger partial charge in [-0.25, -0.2) is 4.79 Å². The number of hydrogen-bond acceptors (Lipinski definition) is 6. The van der Waals surface area contributed by atoms with Gasteiger partial charge in [0.2, 0.25) is 0 Å². The standard InChI is InChI=1S/C27H32ClN5O4/c1-18-14-23(25(16-22(18)28)36-13-5-12-33(3)4)32-27(35)31-17-19-6-8-20(9-7-19)37-21-10-11-30-24(15-21)26(34)29-2/h6-11,14-16H,5,12-13,17H2,1-4H3,(H,29,34)(H2,31,32,35). The van der Waals surface area contributed by atoms with Crippen molar-refractivity contribution in [3.8, 4) is 17.2 Å². The van der Waals surface area contributed by atoms with Crippen LogP contribution in [0.4, 0.5) is 10.5 Å². The summed E-state index contributed by atoms with van der Waals surface area (Å²) in [5, 5.41) is 8.81. The molecule has 1 heterocycles. The Labute approximate surface area is 222 Å². The summed E-state index contributed by atoms with van der Waals surface area (Å²) in [7, 11) is 5.55. The summed E-state index contributed by atoms with van der Waals surface area (Å²) >= 11 is 6.27. The second kappa shape index (κ2) is 13.5. The number of halogens is 1. The van der Waals surface area contributed by atoms with Crippen LogP contribution in [-0.2, 0) is 6.54 Å². The van der Waals surface area contributed by atoms with Gasteiger partial charge in [-0.15, -0.1) is 0 Å². The largest absolute Gasteiger partial charge is 0.491 e. The van der Waals surface area contributed by atoms with Crippen LogP contribution in [0, 0.1) is 6.92 Å². The predicted octanol–water partition coefficient (Wildman–Crippen LogP) is 4.85. The summed E-state index contributed by atoms with van der Waals surface area (Å²) in [5.74, 6) is 1.33. The molecule has 3 amide bonds. The van der Waals surface area contributed by atoms with Crippen LogP contribution in [0.3, 0.4) is 0 Å². The van der Waals surface area contributed by atoms with Gasteiger partial charge >= 0.3 is 6.03 Å². The maximum atomic E-state index is 12.6. The van der Waals surface area contributed by atoms with Gasteiger partial charge < -0.3 is 30.3 Å². The number of anilines is 1. The minimum atomic E-state index is -0.362. The van der Waals surface area contributed by atoms with E-state index in [1.165, 1.54) is 6.20 Å². The molecule has 196 valence electrons. The second-order valence-electron chi connectivity index (χ2n) is 8.61. The van der Waals surface area contributed by atoms with Crippen LogP contribution in [-0.4, -0.2) is 56.1 Å². The summed E-state index contributed by atoms with van der Waals surface area (Å²) in [6.07, 6.45) is 2.36. The summed E-state index contributed by atoms with van der Waals surface area (Å²) in [6, 6.07) is 13.7. The highest BCUT2D eigenvalue weighted by Crippen LogP contribution is 2.31. The van der Waals surface area contributed by atoms with E-state index in [2.05, 4.69) is 25.8 Å². The summed E-state index contributed by atoms with van der Waals surface area (Å²) in [5.41, 5.74) is 2.55. The molecule has 2 aromatic carbocycles. The van der Waals surface area contributed by atoms with Gasteiger partial charge in [-0.1, -0.05) is 23.7 Å². The van der Waals surface area contributed by atoms with Gasteiger partial charge in [0, 0.05) is 43.5 Å². The second-order valence-corrected chi connectivity index (χ2v) is 9.02. The number of benzene rings is 2. The maximum absolute atomic E-state index is 12.6. The van der Waals surface area contributed by atoms with Gasteiger partial charge in [0.25, 0.3) is 5.91 Å². The van der Waals surface area contributed by atoms with E-state index in [9.17, 15) is 9.59 Å². The molecule has 0 aliphatic rings. The minimum absolute atomic E-state index is 0.268. The van der Waals surface area contributed by atoms with Crippen molar-refractivity contribution in [2.75, 3.05) is 39.6 Å². The van der Waals surface area contributed by atoms with Crippen molar-refractivity contribution in [2.24, 2.45) is 0 Å². The molecule has 1 aromatic heterocycles. The molecule has 0 saturated carbocycles. The quantitative estimate of drug-likeness (QED) is 0.309. The Hall–Kier alpha value is -3.82. The zero-order valence-electron chi connectivity index (χ0n) is 21.4. The summed E-state index contributed by atoms with van der Waals surface area (Å²) in [6.45, 7) is 3.59. The number of nitrogens with zero attached hydrogens (tertiary/aromatic N) is 2. The number of carbonyl (C=O) groups is 2. The van der Waals surface area contributed by atoms with Crippen LogP contribution in [0.25, 0.3) is 0 Å². The molecular weight excluding hydrogens is 494 g/mol. The van der Waals surface area contributed by atoms with Crippen LogP contribution in [0.15, 0.2) is 54.7 Å². The van der Waals surface area contributed by atoms with E-state index in [0.29, 0.717) is 41.1 Å². The van der Waals surface area contributed by atoms with Crippen LogP contribution >= 0.6 is 11.6 Å². The molecule has 0 aliphatic heterocycles. The van der Waals surface area contributed by atoms with E-state index >= 15 is 0 Å². The first kappa shape index (κ1) is 27.8. The van der Waals surface area contributed by atoms with Crippen molar-refractivity contribution in [1.29, 1.82) is 0 Å². The van der Waals surface area contributed by atoms with Gasteiger partial charge in [-0.3, -0.25) is 9.78 Å². The van der Waals surface area contributed by atoms with Gasteiger partial charge in [0.05, 0.1) is 12.3 Å². The number of carbonyl (C=O) groups excluding carboxylic acids is 2. The Balaban J connectivity index is 1.55. The Morgan fingerprint density at radius 1 is 1.05 bits per heavy atom. The van der Waals surface area contributed by atoms with E-state index in [0.717, 1.165) is 24.1 Å². The van der Waals surface area contributed by atoms with E-state index in [-0.39, 0.29) is 17.6 Å².